The normalized spacial score (nSPS) is 26.4. The summed E-state index contributed by atoms with van der Waals surface area (Å²) in [6.45, 7) is 1.71. The van der Waals surface area contributed by atoms with Crippen molar-refractivity contribution in [2.24, 2.45) is 0 Å². The largest absolute Gasteiger partial charge is 0.317 e. The monoisotopic (exact) mass is 286 g/mol. The number of hydrogen-bond acceptors (Lipinski definition) is 2. The van der Waals surface area contributed by atoms with E-state index in [0.717, 1.165) is 29.5 Å². The average molecular weight is 287 g/mol. The fraction of sp³-hybridized carbons (Fsp3) is 0.583. The molecule has 0 aliphatic carbocycles. The smallest absolute Gasteiger partial charge is 0.116 e. The molecule has 1 N–H and O–H groups in total. The molecular weight excluding hydrogens is 271 g/mol. The van der Waals surface area contributed by atoms with Gasteiger partial charge in [-0.05, 0) is 59.9 Å². The van der Waals surface area contributed by atoms with Gasteiger partial charge in [0.1, 0.15) is 5.67 Å². The van der Waals surface area contributed by atoms with Crippen LogP contribution < -0.4 is 5.32 Å². The van der Waals surface area contributed by atoms with Crippen molar-refractivity contribution in [2.45, 2.75) is 31.4 Å². The van der Waals surface area contributed by atoms with Crippen LogP contribution in [0.5, 0.6) is 0 Å². The SMILES string of the molecule is FC1(Cc2cncc(Br)c2)CCCNCC1. The molecule has 0 amide bonds. The van der Waals surface area contributed by atoms with Gasteiger partial charge in [0.2, 0.25) is 0 Å². The van der Waals surface area contributed by atoms with Gasteiger partial charge in [0, 0.05) is 23.3 Å². The summed E-state index contributed by atoms with van der Waals surface area (Å²) >= 11 is 3.36. The molecule has 1 fully saturated rings. The minimum Gasteiger partial charge on any atom is -0.317 e. The van der Waals surface area contributed by atoms with E-state index < -0.39 is 5.67 Å². The summed E-state index contributed by atoms with van der Waals surface area (Å²) in [4.78, 5) is 4.08. The van der Waals surface area contributed by atoms with E-state index >= 15 is 0 Å². The lowest BCUT2D eigenvalue weighted by Gasteiger charge is -2.23. The van der Waals surface area contributed by atoms with Crippen LogP contribution in [0.25, 0.3) is 0 Å². The Morgan fingerprint density at radius 2 is 2.25 bits per heavy atom. The third kappa shape index (κ3) is 3.25. The van der Waals surface area contributed by atoms with E-state index in [1.807, 2.05) is 6.07 Å². The molecule has 0 spiro atoms. The predicted molar refractivity (Wildman–Crippen MR) is 66.2 cm³/mol. The van der Waals surface area contributed by atoms with Crippen molar-refractivity contribution < 1.29 is 4.39 Å². The molecule has 4 heteroatoms. The van der Waals surface area contributed by atoms with Gasteiger partial charge in [-0.2, -0.15) is 0 Å². The molecular formula is C12H16BrFN2. The molecule has 2 rings (SSSR count). The Bertz CT molecular complexity index is 349. The van der Waals surface area contributed by atoms with Crippen LogP contribution in [0.2, 0.25) is 0 Å². The Kier molecular flexibility index (Phi) is 3.92. The van der Waals surface area contributed by atoms with Crippen molar-refractivity contribution in [1.82, 2.24) is 10.3 Å². The first-order valence-electron chi connectivity index (χ1n) is 5.67. The zero-order valence-corrected chi connectivity index (χ0v) is 10.8. The number of alkyl halides is 1. The first kappa shape index (κ1) is 12.0. The molecule has 0 aromatic carbocycles. The second-order valence-corrected chi connectivity index (χ2v) is 5.36. The molecule has 1 saturated heterocycles. The number of aromatic nitrogens is 1. The summed E-state index contributed by atoms with van der Waals surface area (Å²) in [7, 11) is 0. The zero-order valence-electron chi connectivity index (χ0n) is 9.18. The highest BCUT2D eigenvalue weighted by molar-refractivity contribution is 9.10. The van der Waals surface area contributed by atoms with E-state index in [1.54, 1.807) is 12.4 Å². The molecule has 1 aromatic rings. The zero-order chi connectivity index (χ0) is 11.4. The predicted octanol–water partition coefficient (Wildman–Crippen LogP) is 2.87. The van der Waals surface area contributed by atoms with Crippen molar-refractivity contribution >= 4 is 15.9 Å². The number of nitrogens with zero attached hydrogens (tertiary/aromatic N) is 1. The standard InChI is InChI=1S/C12H16BrFN2/c13-11-6-10(8-16-9-11)7-12(14)2-1-4-15-5-3-12/h6,8-9,15H,1-5,7H2. The van der Waals surface area contributed by atoms with Gasteiger partial charge in [-0.25, -0.2) is 4.39 Å². The number of nitrogens with one attached hydrogen (secondary N) is 1. The lowest BCUT2D eigenvalue weighted by molar-refractivity contribution is 0.144. The molecule has 0 radical (unpaired) electrons. The first-order chi connectivity index (χ1) is 7.68. The second kappa shape index (κ2) is 5.23. The van der Waals surface area contributed by atoms with Gasteiger partial charge in [-0.3, -0.25) is 4.98 Å². The van der Waals surface area contributed by atoms with Crippen molar-refractivity contribution in [3.8, 4) is 0 Å². The molecule has 0 bridgehead atoms. The van der Waals surface area contributed by atoms with Crippen LogP contribution >= 0.6 is 15.9 Å². The van der Waals surface area contributed by atoms with E-state index in [4.69, 9.17) is 0 Å². The van der Waals surface area contributed by atoms with Gasteiger partial charge in [0.15, 0.2) is 0 Å². The third-order valence-corrected chi connectivity index (χ3v) is 3.44. The number of hydrogen-bond donors (Lipinski definition) is 1. The van der Waals surface area contributed by atoms with Crippen LogP contribution in [-0.2, 0) is 6.42 Å². The summed E-state index contributed by atoms with van der Waals surface area (Å²) in [6.07, 6.45) is 6.11. The molecule has 1 atom stereocenters. The Labute approximate surface area is 104 Å². The maximum absolute atomic E-state index is 14.6. The number of pyridine rings is 1. The van der Waals surface area contributed by atoms with E-state index in [9.17, 15) is 4.39 Å². The molecule has 1 aromatic heterocycles. The fourth-order valence-electron chi connectivity index (χ4n) is 2.19. The second-order valence-electron chi connectivity index (χ2n) is 4.44. The van der Waals surface area contributed by atoms with Gasteiger partial charge in [0.25, 0.3) is 0 Å². The molecule has 1 unspecified atom stereocenters. The van der Waals surface area contributed by atoms with Crippen molar-refractivity contribution in [1.29, 1.82) is 0 Å². The van der Waals surface area contributed by atoms with E-state index in [0.29, 0.717) is 19.3 Å². The van der Waals surface area contributed by atoms with Crippen molar-refractivity contribution in [3.05, 3.63) is 28.5 Å². The van der Waals surface area contributed by atoms with Crippen molar-refractivity contribution in [2.75, 3.05) is 13.1 Å². The summed E-state index contributed by atoms with van der Waals surface area (Å²) in [5, 5.41) is 3.23. The van der Waals surface area contributed by atoms with E-state index in [1.165, 1.54) is 0 Å². The topological polar surface area (TPSA) is 24.9 Å². The van der Waals surface area contributed by atoms with Crippen LogP contribution in [0.3, 0.4) is 0 Å². The number of rotatable bonds is 2. The molecule has 88 valence electrons. The molecule has 2 heterocycles. The maximum atomic E-state index is 14.6. The van der Waals surface area contributed by atoms with E-state index in [2.05, 4.69) is 26.2 Å². The Balaban J connectivity index is 2.06. The van der Waals surface area contributed by atoms with Crippen LogP contribution in [0.1, 0.15) is 24.8 Å². The number of halogens is 2. The van der Waals surface area contributed by atoms with Gasteiger partial charge in [-0.15, -0.1) is 0 Å². The first-order valence-corrected chi connectivity index (χ1v) is 6.46. The third-order valence-electron chi connectivity index (χ3n) is 3.01. The van der Waals surface area contributed by atoms with Crippen LogP contribution in [0.15, 0.2) is 22.9 Å². The summed E-state index contributed by atoms with van der Waals surface area (Å²) in [5.41, 5.74) is -0.0924. The summed E-state index contributed by atoms with van der Waals surface area (Å²) in [5.74, 6) is 0. The minimum absolute atomic E-state index is 0.473. The van der Waals surface area contributed by atoms with Gasteiger partial charge >= 0.3 is 0 Å². The van der Waals surface area contributed by atoms with Crippen molar-refractivity contribution in [3.63, 3.8) is 0 Å². The van der Waals surface area contributed by atoms with Crippen LogP contribution in [-0.4, -0.2) is 23.7 Å². The van der Waals surface area contributed by atoms with Crippen LogP contribution in [0, 0.1) is 0 Å². The maximum Gasteiger partial charge on any atom is 0.116 e. The fourth-order valence-corrected chi connectivity index (χ4v) is 2.60. The lowest BCUT2D eigenvalue weighted by Crippen LogP contribution is -2.27. The summed E-state index contributed by atoms with van der Waals surface area (Å²) in [6, 6.07) is 1.95. The highest BCUT2D eigenvalue weighted by Gasteiger charge is 2.30. The average Bonchev–Trinajstić information content (AvgIpc) is 2.43. The molecule has 2 nitrogen and oxygen atoms in total. The molecule has 16 heavy (non-hydrogen) atoms. The van der Waals surface area contributed by atoms with Gasteiger partial charge in [-0.1, -0.05) is 0 Å². The highest BCUT2D eigenvalue weighted by Crippen LogP contribution is 2.29. The highest BCUT2D eigenvalue weighted by atomic mass is 79.9. The van der Waals surface area contributed by atoms with Gasteiger partial charge in [0.05, 0.1) is 0 Å². The Hall–Kier alpha value is -0.480. The molecule has 1 aliphatic rings. The van der Waals surface area contributed by atoms with Gasteiger partial charge < -0.3 is 5.32 Å². The molecule has 1 aliphatic heterocycles. The summed E-state index contributed by atoms with van der Waals surface area (Å²) < 4.78 is 15.5. The minimum atomic E-state index is -1.06. The Morgan fingerprint density at radius 3 is 3.06 bits per heavy atom. The lowest BCUT2D eigenvalue weighted by atomic mass is 9.90. The Morgan fingerprint density at radius 1 is 1.38 bits per heavy atom. The quantitative estimate of drug-likeness (QED) is 0.904. The van der Waals surface area contributed by atoms with Crippen LogP contribution in [0.4, 0.5) is 4.39 Å². The van der Waals surface area contributed by atoms with E-state index in [-0.39, 0.29) is 0 Å². The molecule has 0 saturated carbocycles.